The van der Waals surface area contributed by atoms with Crippen LogP contribution in [0.2, 0.25) is 10.0 Å². The molecule has 0 spiro atoms. The SMILES string of the molecule is N#CC1=C(N)Nc2cc(-c3ccc(Cl)cc3)nn2C1c1ccc(Cl)cc1. The third-order valence-electron chi connectivity index (χ3n) is 4.25. The number of nitrogens with zero attached hydrogens (tertiary/aromatic N) is 3. The number of anilines is 1. The molecule has 0 radical (unpaired) electrons. The van der Waals surface area contributed by atoms with Gasteiger partial charge in [-0.1, -0.05) is 47.5 Å². The highest BCUT2D eigenvalue weighted by molar-refractivity contribution is 6.30. The van der Waals surface area contributed by atoms with Crippen LogP contribution in [0.1, 0.15) is 11.6 Å². The fourth-order valence-electron chi connectivity index (χ4n) is 3.00. The van der Waals surface area contributed by atoms with Crippen molar-refractivity contribution in [2.24, 2.45) is 5.73 Å². The number of hydrogen-bond acceptors (Lipinski definition) is 4. The molecule has 0 fully saturated rings. The molecule has 2 heterocycles. The maximum Gasteiger partial charge on any atom is 0.131 e. The summed E-state index contributed by atoms with van der Waals surface area (Å²) >= 11 is 12.0. The van der Waals surface area contributed by atoms with Crippen LogP contribution in [0.15, 0.2) is 66.0 Å². The Balaban J connectivity index is 1.85. The van der Waals surface area contributed by atoms with Crippen LogP contribution in [0.25, 0.3) is 11.3 Å². The van der Waals surface area contributed by atoms with Crippen molar-refractivity contribution in [3.05, 3.63) is 81.6 Å². The van der Waals surface area contributed by atoms with Gasteiger partial charge in [0.25, 0.3) is 0 Å². The average molecular weight is 382 g/mol. The van der Waals surface area contributed by atoms with Crippen molar-refractivity contribution in [1.82, 2.24) is 9.78 Å². The van der Waals surface area contributed by atoms with Crippen molar-refractivity contribution in [3.63, 3.8) is 0 Å². The molecule has 5 nitrogen and oxygen atoms in total. The van der Waals surface area contributed by atoms with Crippen molar-refractivity contribution in [1.29, 1.82) is 5.26 Å². The third-order valence-corrected chi connectivity index (χ3v) is 4.76. The maximum atomic E-state index is 9.62. The van der Waals surface area contributed by atoms with Crippen LogP contribution in [-0.4, -0.2) is 9.78 Å². The van der Waals surface area contributed by atoms with Gasteiger partial charge >= 0.3 is 0 Å². The first kappa shape index (κ1) is 16.5. The quantitative estimate of drug-likeness (QED) is 0.681. The molecule has 1 unspecified atom stereocenters. The highest BCUT2D eigenvalue weighted by Gasteiger charge is 2.30. The Morgan fingerprint density at radius 3 is 2.27 bits per heavy atom. The van der Waals surface area contributed by atoms with E-state index < -0.39 is 6.04 Å². The van der Waals surface area contributed by atoms with Crippen molar-refractivity contribution < 1.29 is 0 Å². The lowest BCUT2D eigenvalue weighted by Gasteiger charge is -2.26. The van der Waals surface area contributed by atoms with Crippen LogP contribution in [0.4, 0.5) is 5.82 Å². The summed E-state index contributed by atoms with van der Waals surface area (Å²) in [6.07, 6.45) is 0. The maximum absolute atomic E-state index is 9.62. The van der Waals surface area contributed by atoms with Crippen molar-refractivity contribution in [2.75, 3.05) is 5.32 Å². The van der Waals surface area contributed by atoms with Crippen molar-refractivity contribution >= 4 is 29.0 Å². The topological polar surface area (TPSA) is 79.7 Å². The first-order valence-corrected chi connectivity index (χ1v) is 8.60. The molecule has 1 aliphatic rings. The summed E-state index contributed by atoms with van der Waals surface area (Å²) in [7, 11) is 0. The van der Waals surface area contributed by atoms with Crippen LogP contribution in [0.3, 0.4) is 0 Å². The molecular weight excluding hydrogens is 369 g/mol. The molecule has 0 aliphatic carbocycles. The number of fused-ring (bicyclic) bond motifs is 1. The van der Waals surface area contributed by atoms with E-state index >= 15 is 0 Å². The lowest BCUT2D eigenvalue weighted by molar-refractivity contribution is 0.588. The molecule has 1 aliphatic heterocycles. The first-order chi connectivity index (χ1) is 12.6. The second-order valence-corrected chi connectivity index (χ2v) is 6.76. The summed E-state index contributed by atoms with van der Waals surface area (Å²) in [5, 5.41) is 18.7. The number of halogens is 2. The number of nitrogens with one attached hydrogen (secondary N) is 1. The van der Waals surface area contributed by atoms with Gasteiger partial charge in [-0.25, -0.2) is 4.68 Å². The second kappa shape index (κ2) is 6.41. The van der Waals surface area contributed by atoms with Crippen molar-refractivity contribution in [3.8, 4) is 17.3 Å². The molecule has 0 saturated heterocycles. The van der Waals surface area contributed by atoms with E-state index in [0.717, 1.165) is 16.8 Å². The lowest BCUT2D eigenvalue weighted by Crippen LogP contribution is -2.28. The summed E-state index contributed by atoms with van der Waals surface area (Å²) in [6, 6.07) is 18.4. The zero-order valence-corrected chi connectivity index (χ0v) is 15.0. The minimum absolute atomic E-state index is 0.322. The van der Waals surface area contributed by atoms with E-state index in [4.69, 9.17) is 34.0 Å². The monoisotopic (exact) mass is 381 g/mol. The fraction of sp³-hybridized carbons (Fsp3) is 0.0526. The molecule has 0 bridgehead atoms. The number of aromatic nitrogens is 2. The number of nitriles is 1. The molecule has 3 N–H and O–H groups in total. The van der Waals surface area contributed by atoms with Gasteiger partial charge in [-0.3, -0.25) is 0 Å². The average Bonchev–Trinajstić information content (AvgIpc) is 3.05. The van der Waals surface area contributed by atoms with E-state index in [0.29, 0.717) is 27.3 Å². The largest absolute Gasteiger partial charge is 0.384 e. The normalized spacial score (nSPS) is 16.0. The Kier molecular flexibility index (Phi) is 4.08. The molecule has 0 amide bonds. The Morgan fingerprint density at radius 2 is 1.65 bits per heavy atom. The van der Waals surface area contributed by atoms with Crippen LogP contribution in [0, 0.1) is 11.3 Å². The van der Waals surface area contributed by atoms with Gasteiger partial charge in [0, 0.05) is 21.7 Å². The molecule has 26 heavy (non-hydrogen) atoms. The van der Waals surface area contributed by atoms with Gasteiger partial charge in [0.15, 0.2) is 0 Å². The minimum atomic E-state index is -0.422. The van der Waals surface area contributed by atoms with E-state index in [1.807, 2.05) is 42.5 Å². The number of hydrogen-bond donors (Lipinski definition) is 2. The molecule has 1 aromatic heterocycles. The van der Waals surface area contributed by atoms with Gasteiger partial charge in [0.2, 0.25) is 0 Å². The number of allylic oxidation sites excluding steroid dienone is 1. The second-order valence-electron chi connectivity index (χ2n) is 5.88. The Hall–Kier alpha value is -2.94. The summed E-state index contributed by atoms with van der Waals surface area (Å²) in [4.78, 5) is 0. The summed E-state index contributed by atoms with van der Waals surface area (Å²) in [5.74, 6) is 1.04. The number of benzene rings is 2. The third kappa shape index (κ3) is 2.80. The van der Waals surface area contributed by atoms with Crippen molar-refractivity contribution in [2.45, 2.75) is 6.04 Å². The molecule has 2 aromatic carbocycles. The summed E-state index contributed by atoms with van der Waals surface area (Å²) in [6.45, 7) is 0. The molecule has 4 rings (SSSR count). The van der Waals surface area contributed by atoms with Crippen LogP contribution in [0.5, 0.6) is 0 Å². The van der Waals surface area contributed by atoms with Crippen LogP contribution in [-0.2, 0) is 0 Å². The number of rotatable bonds is 2. The van der Waals surface area contributed by atoms with Crippen LogP contribution >= 0.6 is 23.2 Å². The summed E-state index contributed by atoms with van der Waals surface area (Å²) in [5.41, 5.74) is 9.06. The van der Waals surface area contributed by atoms with E-state index in [2.05, 4.69) is 11.4 Å². The van der Waals surface area contributed by atoms with Crippen LogP contribution < -0.4 is 11.1 Å². The standard InChI is InChI=1S/C19H13Cl2N5/c20-13-5-1-11(2-6-13)16-9-17-24-19(23)15(10-22)18(26(17)25-16)12-3-7-14(21)8-4-12/h1-9,18,24H,23H2. The van der Waals surface area contributed by atoms with E-state index in [1.54, 1.807) is 16.8 Å². The van der Waals surface area contributed by atoms with Gasteiger partial charge in [-0.15, -0.1) is 0 Å². The number of nitrogens with two attached hydrogens (primary N) is 1. The van der Waals surface area contributed by atoms with E-state index in [1.165, 1.54) is 0 Å². The van der Waals surface area contributed by atoms with Gasteiger partial charge in [0.05, 0.1) is 11.3 Å². The highest BCUT2D eigenvalue weighted by atomic mass is 35.5. The zero-order valence-electron chi connectivity index (χ0n) is 13.4. The Bertz CT molecular complexity index is 1040. The first-order valence-electron chi connectivity index (χ1n) is 7.84. The molecule has 128 valence electrons. The minimum Gasteiger partial charge on any atom is -0.384 e. The summed E-state index contributed by atoms with van der Waals surface area (Å²) < 4.78 is 1.77. The smallest absolute Gasteiger partial charge is 0.131 e. The molecule has 0 saturated carbocycles. The van der Waals surface area contributed by atoms with Gasteiger partial charge in [-0.2, -0.15) is 10.4 Å². The van der Waals surface area contributed by atoms with E-state index in [9.17, 15) is 5.26 Å². The molecular formula is C19H13Cl2N5. The Morgan fingerprint density at radius 1 is 1.04 bits per heavy atom. The fourth-order valence-corrected chi connectivity index (χ4v) is 3.25. The molecule has 7 heteroatoms. The van der Waals surface area contributed by atoms with Gasteiger partial charge < -0.3 is 11.1 Å². The predicted molar refractivity (Wildman–Crippen MR) is 103 cm³/mol. The zero-order chi connectivity index (χ0) is 18.3. The molecule has 3 aromatic rings. The lowest BCUT2D eigenvalue weighted by atomic mass is 9.98. The Labute approximate surface area is 160 Å². The van der Waals surface area contributed by atoms with E-state index in [-0.39, 0.29) is 0 Å². The molecule has 1 atom stereocenters. The highest BCUT2D eigenvalue weighted by Crippen LogP contribution is 2.36. The van der Waals surface area contributed by atoms with Gasteiger partial charge in [0.1, 0.15) is 23.7 Å². The predicted octanol–water partition coefficient (Wildman–Crippen LogP) is 4.57. The van der Waals surface area contributed by atoms with Gasteiger partial charge in [-0.05, 0) is 29.8 Å².